The van der Waals surface area contributed by atoms with E-state index in [-0.39, 0.29) is 6.61 Å². The van der Waals surface area contributed by atoms with Crippen LogP contribution < -0.4 is 0 Å². The highest BCUT2D eigenvalue weighted by Crippen LogP contribution is 2.10. The van der Waals surface area contributed by atoms with Gasteiger partial charge in [0.05, 0.1) is 13.2 Å². The summed E-state index contributed by atoms with van der Waals surface area (Å²) in [6, 6.07) is 8.15. The van der Waals surface area contributed by atoms with E-state index < -0.39 is 6.16 Å². The number of rotatable bonds is 4. The van der Waals surface area contributed by atoms with Gasteiger partial charge in [-0.1, -0.05) is 43.7 Å². The maximum atomic E-state index is 10.6. The molecule has 1 saturated heterocycles. The van der Waals surface area contributed by atoms with E-state index in [1.54, 1.807) is 6.08 Å². The average molecular weight is 264 g/mol. The van der Waals surface area contributed by atoms with Crippen LogP contribution in [0.3, 0.4) is 0 Å². The summed E-state index contributed by atoms with van der Waals surface area (Å²) >= 11 is 0. The van der Waals surface area contributed by atoms with Gasteiger partial charge in [0.25, 0.3) is 0 Å². The summed E-state index contributed by atoms with van der Waals surface area (Å²) in [5.41, 5.74) is 2.35. The van der Waals surface area contributed by atoms with Gasteiger partial charge in [0.2, 0.25) is 0 Å². The third-order valence-corrected chi connectivity index (χ3v) is 2.36. The van der Waals surface area contributed by atoms with Crippen LogP contribution in [0.1, 0.15) is 25.0 Å². The summed E-state index contributed by atoms with van der Waals surface area (Å²) in [4.78, 5) is 10.6. The first kappa shape index (κ1) is 15.2. The van der Waals surface area contributed by atoms with Crippen molar-refractivity contribution in [3.05, 3.63) is 47.2 Å². The predicted molar refractivity (Wildman–Crippen MR) is 72.7 cm³/mol. The Morgan fingerprint density at radius 3 is 2.53 bits per heavy atom. The number of hydrogen-bond acceptors (Lipinski definition) is 4. The topological polar surface area (TPSA) is 44.8 Å². The van der Waals surface area contributed by atoms with E-state index in [0.29, 0.717) is 19.0 Å². The second-order valence-electron chi connectivity index (χ2n) is 3.81. The molecular weight excluding hydrogens is 244 g/mol. The number of aryl methyl sites for hydroxylation is 1. The molecule has 1 aliphatic rings. The lowest BCUT2D eigenvalue weighted by atomic mass is 10.2. The molecule has 0 spiro atoms. The lowest BCUT2D eigenvalue weighted by Crippen LogP contribution is -1.95. The van der Waals surface area contributed by atoms with Crippen molar-refractivity contribution in [2.45, 2.75) is 27.4 Å². The Morgan fingerprint density at radius 2 is 1.95 bits per heavy atom. The van der Waals surface area contributed by atoms with Gasteiger partial charge in [0, 0.05) is 0 Å². The van der Waals surface area contributed by atoms with Crippen LogP contribution in [0.25, 0.3) is 0 Å². The van der Waals surface area contributed by atoms with Gasteiger partial charge in [-0.3, -0.25) is 0 Å². The first-order valence-corrected chi connectivity index (χ1v) is 6.41. The number of hydrogen-bond donors (Lipinski definition) is 0. The van der Waals surface area contributed by atoms with E-state index >= 15 is 0 Å². The molecule has 0 aliphatic carbocycles. The fourth-order valence-electron chi connectivity index (χ4n) is 1.41. The van der Waals surface area contributed by atoms with E-state index in [9.17, 15) is 4.79 Å². The van der Waals surface area contributed by atoms with E-state index in [4.69, 9.17) is 9.47 Å². The molecule has 1 aromatic carbocycles. The third-order valence-electron chi connectivity index (χ3n) is 2.36. The molecule has 0 atom stereocenters. The molecule has 0 unspecified atom stereocenters. The monoisotopic (exact) mass is 264 g/mol. The van der Waals surface area contributed by atoms with Gasteiger partial charge in [-0.2, -0.15) is 0 Å². The molecule has 2 rings (SSSR count). The number of carbonyl (C=O) groups excluding carboxylic acids is 1. The highest BCUT2D eigenvalue weighted by Gasteiger charge is 2.17. The van der Waals surface area contributed by atoms with Crippen LogP contribution in [0.5, 0.6) is 0 Å². The minimum atomic E-state index is -0.644. The van der Waals surface area contributed by atoms with Crippen molar-refractivity contribution in [3.8, 4) is 0 Å². The molecule has 1 fully saturated rings. The second-order valence-corrected chi connectivity index (χ2v) is 3.81. The Balaban J connectivity index is 0.000000861. The number of carbonyl (C=O) groups is 1. The molecule has 1 aromatic rings. The van der Waals surface area contributed by atoms with Gasteiger partial charge in [0.1, 0.15) is 5.76 Å². The zero-order valence-electron chi connectivity index (χ0n) is 11.6. The molecule has 4 heteroatoms. The second kappa shape index (κ2) is 8.32. The van der Waals surface area contributed by atoms with Crippen molar-refractivity contribution in [3.63, 3.8) is 0 Å². The normalized spacial score (nSPS) is 15.5. The number of benzene rings is 1. The van der Waals surface area contributed by atoms with E-state index in [1.807, 2.05) is 45.0 Å². The van der Waals surface area contributed by atoms with E-state index in [1.165, 1.54) is 5.56 Å². The molecule has 0 aromatic heterocycles. The van der Waals surface area contributed by atoms with Crippen molar-refractivity contribution < 1.29 is 19.0 Å². The molecular formula is C15H20O4. The lowest BCUT2D eigenvalue weighted by Gasteiger charge is -2.02. The fourth-order valence-corrected chi connectivity index (χ4v) is 1.41. The highest BCUT2D eigenvalue weighted by molar-refractivity contribution is 5.64. The van der Waals surface area contributed by atoms with Gasteiger partial charge < -0.3 is 14.2 Å². The first-order valence-electron chi connectivity index (χ1n) is 6.41. The Kier molecular flexibility index (Phi) is 6.68. The van der Waals surface area contributed by atoms with Crippen molar-refractivity contribution in [2.75, 3.05) is 13.2 Å². The fraction of sp³-hybridized carbons (Fsp3) is 0.400. The average Bonchev–Trinajstić information content (AvgIpc) is 2.85. The van der Waals surface area contributed by atoms with Gasteiger partial charge in [-0.25, -0.2) is 4.79 Å². The summed E-state index contributed by atoms with van der Waals surface area (Å²) in [6.07, 6.45) is 1.06. The van der Waals surface area contributed by atoms with Crippen molar-refractivity contribution in [2.24, 2.45) is 0 Å². The zero-order valence-corrected chi connectivity index (χ0v) is 11.6. The summed E-state index contributed by atoms with van der Waals surface area (Å²) in [5, 5.41) is 0. The molecule has 104 valence electrons. The van der Waals surface area contributed by atoms with Crippen LogP contribution >= 0.6 is 0 Å². The molecule has 4 nitrogen and oxygen atoms in total. The van der Waals surface area contributed by atoms with Gasteiger partial charge in [-0.15, -0.1) is 0 Å². The van der Waals surface area contributed by atoms with Gasteiger partial charge in [-0.05, 0) is 18.6 Å². The third kappa shape index (κ3) is 5.57. The molecule has 19 heavy (non-hydrogen) atoms. The van der Waals surface area contributed by atoms with Crippen LogP contribution in [0.15, 0.2) is 36.1 Å². The Hall–Kier alpha value is -1.81. The van der Waals surface area contributed by atoms with Crippen LogP contribution in [0.4, 0.5) is 4.79 Å². The molecule has 0 amide bonds. The molecule has 0 N–H and O–H groups in total. The molecule has 0 saturated carbocycles. The molecule has 0 radical (unpaired) electrons. The summed E-state index contributed by atoms with van der Waals surface area (Å²) in [5.74, 6) is 0.513. The van der Waals surface area contributed by atoms with Crippen LogP contribution in [-0.2, 0) is 20.8 Å². The highest BCUT2D eigenvalue weighted by atomic mass is 16.8. The molecule has 0 bridgehead atoms. The maximum Gasteiger partial charge on any atom is 0.514 e. The Bertz CT molecular complexity index is 420. The SMILES string of the molecule is CC.Cc1ccc(COC/C=C2\COC(=O)O2)cc1. The Labute approximate surface area is 114 Å². The van der Waals surface area contributed by atoms with E-state index in [2.05, 4.69) is 4.74 Å². The van der Waals surface area contributed by atoms with Crippen molar-refractivity contribution >= 4 is 6.16 Å². The minimum absolute atomic E-state index is 0.201. The minimum Gasteiger partial charge on any atom is -0.426 e. The first-order chi connectivity index (χ1) is 9.24. The van der Waals surface area contributed by atoms with E-state index in [0.717, 1.165) is 5.56 Å². The predicted octanol–water partition coefficient (Wildman–Crippen LogP) is 3.59. The standard InChI is InChI=1S/C13H14O4.C2H6/c1-10-2-4-11(5-3-10)8-15-7-6-12-9-16-13(14)17-12;1-2/h2-6H,7-9H2,1H3;1-2H3/b12-6+;. The molecule has 1 aliphatic heterocycles. The quantitative estimate of drug-likeness (QED) is 0.616. The van der Waals surface area contributed by atoms with Crippen LogP contribution in [0.2, 0.25) is 0 Å². The van der Waals surface area contributed by atoms with Crippen molar-refractivity contribution in [1.29, 1.82) is 0 Å². The van der Waals surface area contributed by atoms with Gasteiger partial charge >= 0.3 is 6.16 Å². The van der Waals surface area contributed by atoms with Crippen LogP contribution in [0, 0.1) is 6.92 Å². The Morgan fingerprint density at radius 1 is 1.26 bits per heavy atom. The van der Waals surface area contributed by atoms with Crippen LogP contribution in [-0.4, -0.2) is 19.4 Å². The molecule has 1 heterocycles. The zero-order chi connectivity index (χ0) is 14.1. The largest absolute Gasteiger partial charge is 0.514 e. The maximum absolute atomic E-state index is 10.6. The lowest BCUT2D eigenvalue weighted by molar-refractivity contribution is 0.134. The summed E-state index contributed by atoms with van der Waals surface area (Å²) in [6.45, 7) is 7.19. The van der Waals surface area contributed by atoms with Gasteiger partial charge in [0.15, 0.2) is 6.61 Å². The summed E-state index contributed by atoms with van der Waals surface area (Å²) < 4.78 is 14.8. The summed E-state index contributed by atoms with van der Waals surface area (Å²) in [7, 11) is 0. The smallest absolute Gasteiger partial charge is 0.426 e. The number of ether oxygens (including phenoxy) is 3. The number of cyclic esters (lactones) is 2. The van der Waals surface area contributed by atoms with Crippen molar-refractivity contribution in [1.82, 2.24) is 0 Å².